The number of rotatable bonds is 5. The zero-order chi connectivity index (χ0) is 16.3. The molecule has 118 valence electrons. The molecule has 0 aliphatic heterocycles. The summed E-state index contributed by atoms with van der Waals surface area (Å²) in [5.74, 6) is 0.362. The van der Waals surface area contributed by atoms with Crippen LogP contribution in [-0.2, 0) is 16.1 Å². The van der Waals surface area contributed by atoms with Gasteiger partial charge in [-0.3, -0.25) is 9.59 Å². The predicted molar refractivity (Wildman–Crippen MR) is 85.2 cm³/mol. The molecule has 0 aliphatic rings. The summed E-state index contributed by atoms with van der Waals surface area (Å²) in [6, 6.07) is 7.09. The van der Waals surface area contributed by atoms with E-state index in [0.29, 0.717) is 0 Å². The average molecular weight is 302 g/mol. The van der Waals surface area contributed by atoms with E-state index in [2.05, 4.69) is 20.2 Å². The molecule has 1 aromatic carbocycles. The Morgan fingerprint density at radius 1 is 1.23 bits per heavy atom. The molecule has 0 spiro atoms. The van der Waals surface area contributed by atoms with E-state index in [0.717, 1.165) is 23.4 Å². The molecule has 1 aromatic heterocycles. The number of para-hydroxylation sites is 2. The summed E-state index contributed by atoms with van der Waals surface area (Å²) in [7, 11) is 0. The molecular weight excluding hydrogens is 280 g/mol. The Hall–Kier alpha value is -2.37. The van der Waals surface area contributed by atoms with Crippen molar-refractivity contribution in [2.45, 2.75) is 46.3 Å². The molecule has 1 heterocycles. The summed E-state index contributed by atoms with van der Waals surface area (Å²) in [5, 5.41) is 5.48. The second-order valence-electron chi connectivity index (χ2n) is 5.36. The molecule has 0 fully saturated rings. The van der Waals surface area contributed by atoms with Gasteiger partial charge in [0.2, 0.25) is 11.8 Å². The van der Waals surface area contributed by atoms with Gasteiger partial charge < -0.3 is 15.2 Å². The predicted octanol–water partition coefficient (Wildman–Crippen LogP) is 1.76. The Kier molecular flexibility index (Phi) is 4.80. The number of hydrogen-bond acceptors (Lipinski definition) is 3. The van der Waals surface area contributed by atoms with E-state index in [1.165, 1.54) is 6.92 Å². The number of hydrogen-bond donors (Lipinski definition) is 2. The number of benzene rings is 1. The highest BCUT2D eigenvalue weighted by Crippen LogP contribution is 2.20. The normalized spacial score (nSPS) is 13.6. The van der Waals surface area contributed by atoms with Gasteiger partial charge in [-0.2, -0.15) is 0 Å². The number of nitrogens with zero attached hydrogens (tertiary/aromatic N) is 2. The maximum Gasteiger partial charge on any atom is 0.242 e. The minimum Gasteiger partial charge on any atom is -0.345 e. The fourth-order valence-corrected chi connectivity index (χ4v) is 2.53. The van der Waals surface area contributed by atoms with Crippen molar-refractivity contribution in [2.75, 3.05) is 0 Å². The van der Waals surface area contributed by atoms with Gasteiger partial charge >= 0.3 is 0 Å². The van der Waals surface area contributed by atoms with Crippen LogP contribution in [0.5, 0.6) is 0 Å². The fourth-order valence-electron chi connectivity index (χ4n) is 2.53. The summed E-state index contributed by atoms with van der Waals surface area (Å²) in [5.41, 5.74) is 1.96. The molecule has 6 heteroatoms. The lowest BCUT2D eigenvalue weighted by atomic mass is 10.2. The minimum atomic E-state index is -0.570. The summed E-state index contributed by atoms with van der Waals surface area (Å²) in [6.45, 7) is 7.77. The van der Waals surface area contributed by atoms with E-state index in [4.69, 9.17) is 0 Å². The third-order valence-electron chi connectivity index (χ3n) is 3.56. The first-order valence-electron chi connectivity index (χ1n) is 7.46. The second kappa shape index (κ2) is 6.60. The van der Waals surface area contributed by atoms with Gasteiger partial charge in [-0.15, -0.1) is 0 Å². The molecule has 2 aromatic rings. The van der Waals surface area contributed by atoms with Crippen LogP contribution >= 0.6 is 0 Å². The first kappa shape index (κ1) is 16.0. The van der Waals surface area contributed by atoms with E-state index in [1.807, 2.05) is 38.1 Å². The van der Waals surface area contributed by atoms with Crippen molar-refractivity contribution in [3.63, 3.8) is 0 Å². The third kappa shape index (κ3) is 3.27. The summed E-state index contributed by atoms with van der Waals surface area (Å²) >= 11 is 0. The molecule has 2 unspecified atom stereocenters. The fraction of sp³-hybridized carbons (Fsp3) is 0.438. The van der Waals surface area contributed by atoms with Gasteiger partial charge in [0.1, 0.15) is 11.9 Å². The molecule has 0 aliphatic carbocycles. The van der Waals surface area contributed by atoms with E-state index in [-0.39, 0.29) is 17.9 Å². The maximum absolute atomic E-state index is 12.1. The van der Waals surface area contributed by atoms with Crippen molar-refractivity contribution >= 4 is 22.8 Å². The Labute approximate surface area is 129 Å². The van der Waals surface area contributed by atoms with Crippen molar-refractivity contribution in [2.24, 2.45) is 0 Å². The molecule has 2 amide bonds. The molecular formula is C16H22N4O2. The van der Waals surface area contributed by atoms with Crippen LogP contribution in [0.4, 0.5) is 0 Å². The summed E-state index contributed by atoms with van der Waals surface area (Å²) in [6.07, 6.45) is 0. The number of fused-ring (bicyclic) bond motifs is 1. The van der Waals surface area contributed by atoms with Crippen molar-refractivity contribution in [1.82, 2.24) is 20.2 Å². The number of aryl methyl sites for hydroxylation is 1. The van der Waals surface area contributed by atoms with Crippen molar-refractivity contribution in [3.8, 4) is 0 Å². The number of imidazole rings is 1. The number of carbonyl (C=O) groups is 2. The standard InChI is InChI=1S/C16H22N4O2/c1-5-20-14-9-7-6-8-13(14)19-15(20)10(2)18-16(22)11(3)17-12(4)21/h6-11H,5H2,1-4H3,(H,17,21)(H,18,22). The summed E-state index contributed by atoms with van der Waals surface area (Å²) < 4.78 is 2.09. The van der Waals surface area contributed by atoms with Gasteiger partial charge in [0, 0.05) is 13.5 Å². The lowest BCUT2D eigenvalue weighted by Gasteiger charge is -2.18. The quantitative estimate of drug-likeness (QED) is 0.883. The van der Waals surface area contributed by atoms with Crippen molar-refractivity contribution in [1.29, 1.82) is 0 Å². The van der Waals surface area contributed by atoms with E-state index in [1.54, 1.807) is 6.92 Å². The van der Waals surface area contributed by atoms with Crippen LogP contribution in [0.25, 0.3) is 11.0 Å². The zero-order valence-electron chi connectivity index (χ0n) is 13.4. The molecule has 6 nitrogen and oxygen atoms in total. The lowest BCUT2D eigenvalue weighted by Crippen LogP contribution is -2.45. The van der Waals surface area contributed by atoms with Crippen molar-refractivity contribution < 1.29 is 9.59 Å². The Morgan fingerprint density at radius 3 is 2.55 bits per heavy atom. The molecule has 2 atom stereocenters. The zero-order valence-corrected chi connectivity index (χ0v) is 13.4. The van der Waals surface area contributed by atoms with Gasteiger partial charge in [0.15, 0.2) is 0 Å². The number of nitrogens with one attached hydrogen (secondary N) is 2. The second-order valence-corrected chi connectivity index (χ2v) is 5.36. The van der Waals surface area contributed by atoms with Gasteiger partial charge in [0.05, 0.1) is 17.1 Å². The van der Waals surface area contributed by atoms with Crippen LogP contribution in [0, 0.1) is 0 Å². The molecule has 0 radical (unpaired) electrons. The lowest BCUT2D eigenvalue weighted by molar-refractivity contribution is -0.128. The van der Waals surface area contributed by atoms with Crippen LogP contribution in [0.1, 0.15) is 39.6 Å². The Balaban J connectivity index is 2.21. The van der Waals surface area contributed by atoms with Gasteiger partial charge in [-0.1, -0.05) is 12.1 Å². The van der Waals surface area contributed by atoms with E-state index in [9.17, 15) is 9.59 Å². The van der Waals surface area contributed by atoms with Crippen LogP contribution < -0.4 is 10.6 Å². The van der Waals surface area contributed by atoms with Crippen LogP contribution in [0.3, 0.4) is 0 Å². The van der Waals surface area contributed by atoms with Gasteiger partial charge in [-0.05, 0) is 32.9 Å². The number of carbonyl (C=O) groups excluding carboxylic acids is 2. The molecule has 2 rings (SSSR count). The molecule has 0 bridgehead atoms. The van der Waals surface area contributed by atoms with Crippen molar-refractivity contribution in [3.05, 3.63) is 30.1 Å². The minimum absolute atomic E-state index is 0.225. The highest BCUT2D eigenvalue weighted by atomic mass is 16.2. The van der Waals surface area contributed by atoms with Gasteiger partial charge in [-0.25, -0.2) is 4.98 Å². The smallest absolute Gasteiger partial charge is 0.242 e. The molecule has 0 saturated carbocycles. The Bertz CT molecular complexity index is 693. The Morgan fingerprint density at radius 2 is 1.91 bits per heavy atom. The number of aromatic nitrogens is 2. The largest absolute Gasteiger partial charge is 0.345 e. The maximum atomic E-state index is 12.1. The van der Waals surface area contributed by atoms with Crippen LogP contribution in [-0.4, -0.2) is 27.4 Å². The molecule has 22 heavy (non-hydrogen) atoms. The molecule has 2 N–H and O–H groups in total. The first-order valence-corrected chi connectivity index (χ1v) is 7.46. The third-order valence-corrected chi connectivity index (χ3v) is 3.56. The van der Waals surface area contributed by atoms with E-state index >= 15 is 0 Å². The van der Waals surface area contributed by atoms with Crippen LogP contribution in [0.2, 0.25) is 0 Å². The summed E-state index contributed by atoms with van der Waals surface area (Å²) in [4.78, 5) is 27.8. The van der Waals surface area contributed by atoms with Crippen LogP contribution in [0.15, 0.2) is 24.3 Å². The average Bonchev–Trinajstić information content (AvgIpc) is 2.84. The number of amides is 2. The van der Waals surface area contributed by atoms with E-state index < -0.39 is 6.04 Å². The van der Waals surface area contributed by atoms with Gasteiger partial charge in [0.25, 0.3) is 0 Å². The first-order chi connectivity index (χ1) is 10.4. The highest BCUT2D eigenvalue weighted by molar-refractivity contribution is 5.86. The highest BCUT2D eigenvalue weighted by Gasteiger charge is 2.20. The SMILES string of the molecule is CCn1c(C(C)NC(=O)C(C)NC(C)=O)nc2ccccc21. The monoisotopic (exact) mass is 302 g/mol. The molecule has 0 saturated heterocycles. The topological polar surface area (TPSA) is 76.0 Å².